The number of nitrogens with one attached hydrogen (secondary N) is 1. The molecule has 2 aromatic carbocycles. The number of ether oxygens (including phenoxy) is 1. The Morgan fingerprint density at radius 3 is 2.67 bits per heavy atom. The maximum Gasteiger partial charge on any atom is 0.268 e. The summed E-state index contributed by atoms with van der Waals surface area (Å²) in [5.41, 5.74) is 3.24. The van der Waals surface area contributed by atoms with Crippen LogP contribution in [0.15, 0.2) is 66.3 Å². The van der Waals surface area contributed by atoms with Crippen LogP contribution in [0.2, 0.25) is 5.02 Å². The summed E-state index contributed by atoms with van der Waals surface area (Å²) in [6.45, 7) is 3.01. The topological polar surface area (TPSA) is 69.0 Å². The first kappa shape index (κ1) is 20.1. The highest BCUT2D eigenvalue weighted by Crippen LogP contribution is 2.20. The summed E-state index contributed by atoms with van der Waals surface area (Å²) in [6.07, 6.45) is 1.61. The molecule has 0 atom stereocenters. The van der Waals surface area contributed by atoms with Crippen molar-refractivity contribution in [3.8, 4) is 5.75 Å². The molecule has 1 N–H and O–H groups in total. The average Bonchev–Trinajstić information content (AvgIpc) is 3.39. The third kappa shape index (κ3) is 5.25. The fourth-order valence-electron chi connectivity index (χ4n) is 2.74. The Morgan fingerprint density at radius 2 is 1.90 bits per heavy atom. The minimum Gasteiger partial charge on any atom is -0.489 e. The molecule has 0 unspecified atom stereocenters. The lowest BCUT2D eigenvalue weighted by molar-refractivity contribution is 0.102. The van der Waals surface area contributed by atoms with Crippen molar-refractivity contribution in [2.75, 3.05) is 5.32 Å². The standard InChI is InChI=1S/C22H19ClN4O2S/c1-15-2-4-16(5-3-15)11-27-14-24-22(26-27)25-21(28)20-10-17(13-30-20)12-29-19-8-6-18(23)7-9-19/h2-10,13-14H,11-12H2,1H3,(H,25,26,28). The van der Waals surface area contributed by atoms with Gasteiger partial charge < -0.3 is 4.74 Å². The quantitative estimate of drug-likeness (QED) is 0.431. The molecule has 152 valence electrons. The number of anilines is 1. The van der Waals surface area contributed by atoms with E-state index in [9.17, 15) is 4.79 Å². The molecule has 2 heterocycles. The smallest absolute Gasteiger partial charge is 0.268 e. The number of benzene rings is 2. The number of nitrogens with zero attached hydrogens (tertiary/aromatic N) is 3. The van der Waals surface area contributed by atoms with Crippen molar-refractivity contribution in [3.05, 3.63) is 92.9 Å². The molecular weight excluding hydrogens is 420 g/mol. The lowest BCUT2D eigenvalue weighted by Gasteiger charge is -2.04. The Bertz CT molecular complexity index is 1140. The van der Waals surface area contributed by atoms with E-state index in [0.717, 1.165) is 16.9 Å². The Balaban J connectivity index is 1.32. The second-order valence-electron chi connectivity index (χ2n) is 6.77. The Morgan fingerprint density at radius 1 is 1.13 bits per heavy atom. The van der Waals surface area contributed by atoms with Crippen molar-refractivity contribution in [1.82, 2.24) is 14.8 Å². The van der Waals surface area contributed by atoms with Gasteiger partial charge in [0.2, 0.25) is 5.95 Å². The summed E-state index contributed by atoms with van der Waals surface area (Å²) in [4.78, 5) is 17.2. The highest BCUT2D eigenvalue weighted by atomic mass is 35.5. The molecule has 0 aliphatic carbocycles. The van der Waals surface area contributed by atoms with Crippen LogP contribution in [0.1, 0.15) is 26.4 Å². The summed E-state index contributed by atoms with van der Waals surface area (Å²) < 4.78 is 7.41. The fourth-order valence-corrected chi connectivity index (χ4v) is 3.66. The number of carbonyl (C=O) groups excluding carboxylic acids is 1. The zero-order valence-electron chi connectivity index (χ0n) is 16.2. The van der Waals surface area contributed by atoms with Crippen LogP contribution >= 0.6 is 22.9 Å². The molecule has 6 nitrogen and oxygen atoms in total. The summed E-state index contributed by atoms with van der Waals surface area (Å²) in [5, 5.41) is 9.62. The van der Waals surface area contributed by atoms with E-state index in [1.807, 2.05) is 12.3 Å². The van der Waals surface area contributed by atoms with E-state index in [2.05, 4.69) is 39.7 Å². The first-order chi connectivity index (χ1) is 14.5. The molecule has 1 amide bonds. The third-order valence-corrected chi connectivity index (χ3v) is 5.55. The largest absolute Gasteiger partial charge is 0.489 e. The fraction of sp³-hybridized carbons (Fsp3) is 0.136. The van der Waals surface area contributed by atoms with Crippen LogP contribution in [0, 0.1) is 6.92 Å². The van der Waals surface area contributed by atoms with Crippen LogP contribution < -0.4 is 10.1 Å². The van der Waals surface area contributed by atoms with E-state index >= 15 is 0 Å². The van der Waals surface area contributed by atoms with Gasteiger partial charge in [0.15, 0.2) is 0 Å². The van der Waals surface area contributed by atoms with Gasteiger partial charge in [0.25, 0.3) is 5.91 Å². The number of rotatable bonds is 7. The van der Waals surface area contributed by atoms with E-state index in [1.54, 1.807) is 41.3 Å². The third-order valence-electron chi connectivity index (χ3n) is 4.32. The van der Waals surface area contributed by atoms with E-state index in [1.165, 1.54) is 16.9 Å². The number of halogens is 1. The molecule has 0 saturated carbocycles. The molecule has 2 aromatic heterocycles. The van der Waals surface area contributed by atoms with Crippen LogP contribution in [-0.2, 0) is 13.2 Å². The molecule has 0 aliphatic heterocycles. The molecule has 4 aromatic rings. The van der Waals surface area contributed by atoms with Crippen molar-refractivity contribution in [3.63, 3.8) is 0 Å². The molecule has 0 radical (unpaired) electrons. The van der Waals surface area contributed by atoms with E-state index in [-0.39, 0.29) is 11.9 Å². The monoisotopic (exact) mass is 438 g/mol. The number of hydrogen-bond acceptors (Lipinski definition) is 5. The summed E-state index contributed by atoms with van der Waals surface area (Å²) >= 11 is 7.22. The second kappa shape index (κ2) is 9.11. The minimum absolute atomic E-state index is 0.245. The van der Waals surface area contributed by atoms with Gasteiger partial charge in [0.1, 0.15) is 18.7 Å². The number of aryl methyl sites for hydroxylation is 1. The van der Waals surface area contributed by atoms with Crippen LogP contribution in [0.3, 0.4) is 0 Å². The maximum atomic E-state index is 12.5. The predicted octanol–water partition coefficient (Wildman–Crippen LogP) is 5.18. The van der Waals surface area contributed by atoms with Crippen LogP contribution in [0.5, 0.6) is 5.75 Å². The molecule has 8 heteroatoms. The van der Waals surface area contributed by atoms with E-state index < -0.39 is 0 Å². The predicted molar refractivity (Wildman–Crippen MR) is 118 cm³/mol. The molecule has 4 rings (SSSR count). The van der Waals surface area contributed by atoms with Gasteiger partial charge in [-0.2, -0.15) is 0 Å². The first-order valence-electron chi connectivity index (χ1n) is 9.27. The summed E-state index contributed by atoms with van der Waals surface area (Å²) in [7, 11) is 0. The highest BCUT2D eigenvalue weighted by Gasteiger charge is 2.12. The number of thiophene rings is 1. The van der Waals surface area contributed by atoms with Crippen LogP contribution in [-0.4, -0.2) is 20.7 Å². The maximum absolute atomic E-state index is 12.5. The molecule has 0 fully saturated rings. The molecule has 0 aliphatic rings. The molecule has 0 saturated heterocycles. The SMILES string of the molecule is Cc1ccc(Cn2cnc(NC(=O)c3cc(COc4ccc(Cl)cc4)cs3)n2)cc1. The molecule has 0 spiro atoms. The zero-order valence-corrected chi connectivity index (χ0v) is 17.8. The van der Waals surface area contributed by atoms with Gasteiger partial charge in [0, 0.05) is 10.6 Å². The summed E-state index contributed by atoms with van der Waals surface area (Å²) in [6, 6.07) is 17.2. The second-order valence-corrected chi connectivity index (χ2v) is 8.11. The van der Waals surface area contributed by atoms with Gasteiger partial charge in [-0.15, -0.1) is 16.4 Å². The van der Waals surface area contributed by atoms with Crippen LogP contribution in [0.25, 0.3) is 0 Å². The van der Waals surface area contributed by atoms with E-state index in [0.29, 0.717) is 23.1 Å². The van der Waals surface area contributed by atoms with Gasteiger partial charge >= 0.3 is 0 Å². The number of carbonyl (C=O) groups is 1. The molecule has 0 bridgehead atoms. The molecular formula is C22H19ClN4O2S. The van der Waals surface area contributed by atoms with Gasteiger partial charge in [-0.05, 0) is 48.2 Å². The highest BCUT2D eigenvalue weighted by molar-refractivity contribution is 7.12. The van der Waals surface area contributed by atoms with E-state index in [4.69, 9.17) is 16.3 Å². The lowest BCUT2D eigenvalue weighted by Crippen LogP contribution is -2.12. The zero-order chi connectivity index (χ0) is 20.9. The van der Waals surface area contributed by atoms with Crippen molar-refractivity contribution in [2.45, 2.75) is 20.1 Å². The van der Waals surface area contributed by atoms with Gasteiger partial charge in [0.05, 0.1) is 11.4 Å². The van der Waals surface area contributed by atoms with Crippen molar-refractivity contribution < 1.29 is 9.53 Å². The number of amides is 1. The Kier molecular flexibility index (Phi) is 6.11. The van der Waals surface area contributed by atoms with Gasteiger partial charge in [-0.25, -0.2) is 9.67 Å². The lowest BCUT2D eigenvalue weighted by atomic mass is 10.1. The van der Waals surface area contributed by atoms with Crippen molar-refractivity contribution in [2.24, 2.45) is 0 Å². The van der Waals surface area contributed by atoms with Crippen molar-refractivity contribution >= 4 is 34.8 Å². The Hall–Kier alpha value is -3.16. The number of hydrogen-bond donors (Lipinski definition) is 1. The van der Waals surface area contributed by atoms with Gasteiger partial charge in [-0.3, -0.25) is 10.1 Å². The number of aromatic nitrogens is 3. The first-order valence-corrected chi connectivity index (χ1v) is 10.5. The van der Waals surface area contributed by atoms with Crippen LogP contribution in [0.4, 0.5) is 5.95 Å². The molecule has 30 heavy (non-hydrogen) atoms. The normalized spacial score (nSPS) is 10.7. The van der Waals surface area contributed by atoms with Crippen molar-refractivity contribution in [1.29, 1.82) is 0 Å². The summed E-state index contributed by atoms with van der Waals surface area (Å²) in [5.74, 6) is 0.755. The Labute approximate surface area is 183 Å². The minimum atomic E-state index is -0.245. The average molecular weight is 439 g/mol. The van der Waals surface area contributed by atoms with Gasteiger partial charge in [-0.1, -0.05) is 41.4 Å².